The molecule has 1 aliphatic heterocycles. The molecular formula is C14H20F2N2O2S. The first-order chi connectivity index (χ1) is 9.95. The summed E-state index contributed by atoms with van der Waals surface area (Å²) >= 11 is 0. The molecule has 1 fully saturated rings. The van der Waals surface area contributed by atoms with Crippen molar-refractivity contribution < 1.29 is 17.2 Å². The van der Waals surface area contributed by atoms with Crippen molar-refractivity contribution >= 4 is 10.0 Å². The monoisotopic (exact) mass is 318 g/mol. The third kappa shape index (κ3) is 3.78. The summed E-state index contributed by atoms with van der Waals surface area (Å²) in [6.45, 7) is 3.68. The zero-order valence-corrected chi connectivity index (χ0v) is 12.8. The van der Waals surface area contributed by atoms with E-state index in [4.69, 9.17) is 0 Å². The standard InChI is InChI=1S/C14H20F2N2O2S/c1-2-7-17-12-5-8-18(9-6-12)21(19,20)14-4-3-11(15)10-13(14)16/h3-4,10,12,17H,2,5-9H2,1H3. The Labute approximate surface area is 124 Å². The zero-order valence-electron chi connectivity index (χ0n) is 12.0. The van der Waals surface area contributed by atoms with Gasteiger partial charge in [-0.2, -0.15) is 4.31 Å². The summed E-state index contributed by atoms with van der Waals surface area (Å²) in [6.07, 6.45) is 2.42. The molecule has 1 aromatic rings. The van der Waals surface area contributed by atoms with E-state index in [0.717, 1.165) is 25.1 Å². The molecule has 1 N–H and O–H groups in total. The molecule has 0 atom stereocenters. The summed E-state index contributed by atoms with van der Waals surface area (Å²) in [5.41, 5.74) is 0. The van der Waals surface area contributed by atoms with Crippen LogP contribution in [-0.4, -0.2) is 38.4 Å². The normalized spacial score (nSPS) is 18.0. The number of hydrogen-bond donors (Lipinski definition) is 1. The highest BCUT2D eigenvalue weighted by atomic mass is 32.2. The van der Waals surface area contributed by atoms with E-state index in [2.05, 4.69) is 12.2 Å². The fourth-order valence-corrected chi connectivity index (χ4v) is 3.99. The SMILES string of the molecule is CCCNC1CCN(S(=O)(=O)c2ccc(F)cc2F)CC1. The summed E-state index contributed by atoms with van der Waals surface area (Å²) in [4.78, 5) is -0.455. The van der Waals surface area contributed by atoms with Crippen LogP contribution in [0.15, 0.2) is 23.1 Å². The van der Waals surface area contributed by atoms with Gasteiger partial charge >= 0.3 is 0 Å². The number of nitrogens with zero attached hydrogens (tertiary/aromatic N) is 1. The van der Waals surface area contributed by atoms with Gasteiger partial charge in [-0.3, -0.25) is 0 Å². The maximum absolute atomic E-state index is 13.7. The summed E-state index contributed by atoms with van der Waals surface area (Å²) in [7, 11) is -3.89. The van der Waals surface area contributed by atoms with Crippen LogP contribution in [0.25, 0.3) is 0 Å². The van der Waals surface area contributed by atoms with Crippen LogP contribution in [0.1, 0.15) is 26.2 Å². The lowest BCUT2D eigenvalue weighted by Crippen LogP contribution is -2.45. The van der Waals surface area contributed by atoms with Gasteiger partial charge in [0.1, 0.15) is 16.5 Å². The molecule has 2 rings (SSSR count). The predicted molar refractivity (Wildman–Crippen MR) is 76.4 cm³/mol. The van der Waals surface area contributed by atoms with Crippen LogP contribution in [0.2, 0.25) is 0 Å². The molecule has 0 spiro atoms. The maximum Gasteiger partial charge on any atom is 0.245 e. The van der Waals surface area contributed by atoms with Crippen LogP contribution in [0, 0.1) is 11.6 Å². The second-order valence-corrected chi connectivity index (χ2v) is 7.11. The van der Waals surface area contributed by atoms with E-state index in [1.807, 2.05) is 0 Å². The number of benzene rings is 1. The van der Waals surface area contributed by atoms with E-state index < -0.39 is 26.6 Å². The van der Waals surface area contributed by atoms with Crippen molar-refractivity contribution in [3.63, 3.8) is 0 Å². The Kier molecular flexibility index (Phi) is 5.29. The Morgan fingerprint density at radius 1 is 1.29 bits per heavy atom. The molecule has 0 bridgehead atoms. The van der Waals surface area contributed by atoms with E-state index in [0.29, 0.717) is 38.0 Å². The minimum Gasteiger partial charge on any atom is -0.314 e. The third-order valence-electron chi connectivity index (χ3n) is 3.65. The predicted octanol–water partition coefficient (Wildman–Crippen LogP) is 2.12. The second-order valence-electron chi connectivity index (χ2n) is 5.21. The summed E-state index contributed by atoms with van der Waals surface area (Å²) < 4.78 is 52.6. The van der Waals surface area contributed by atoms with E-state index >= 15 is 0 Å². The maximum atomic E-state index is 13.7. The number of rotatable bonds is 5. The van der Waals surface area contributed by atoms with Crippen LogP contribution >= 0.6 is 0 Å². The zero-order chi connectivity index (χ0) is 15.5. The van der Waals surface area contributed by atoms with Crippen molar-refractivity contribution in [2.24, 2.45) is 0 Å². The highest BCUT2D eigenvalue weighted by Crippen LogP contribution is 2.23. The molecule has 0 amide bonds. The summed E-state index contributed by atoms with van der Waals surface area (Å²) in [5, 5.41) is 3.36. The summed E-state index contributed by atoms with van der Waals surface area (Å²) in [6, 6.07) is 2.85. The number of nitrogens with one attached hydrogen (secondary N) is 1. The number of piperidine rings is 1. The fraction of sp³-hybridized carbons (Fsp3) is 0.571. The molecule has 0 aliphatic carbocycles. The van der Waals surface area contributed by atoms with Crippen molar-refractivity contribution in [1.29, 1.82) is 0 Å². The molecule has 21 heavy (non-hydrogen) atoms. The van der Waals surface area contributed by atoms with Crippen LogP contribution in [0.5, 0.6) is 0 Å². The van der Waals surface area contributed by atoms with E-state index in [9.17, 15) is 17.2 Å². The number of hydrogen-bond acceptors (Lipinski definition) is 3. The van der Waals surface area contributed by atoms with Gasteiger partial charge in [-0.1, -0.05) is 6.92 Å². The Balaban J connectivity index is 2.08. The lowest BCUT2D eigenvalue weighted by Gasteiger charge is -2.31. The van der Waals surface area contributed by atoms with Gasteiger partial charge in [-0.15, -0.1) is 0 Å². The minimum absolute atomic E-state index is 0.300. The van der Waals surface area contributed by atoms with Crippen molar-refractivity contribution in [2.75, 3.05) is 19.6 Å². The van der Waals surface area contributed by atoms with Gasteiger partial charge in [-0.05, 0) is 37.9 Å². The number of sulfonamides is 1. The molecule has 0 unspecified atom stereocenters. The van der Waals surface area contributed by atoms with E-state index in [1.54, 1.807) is 0 Å². The Morgan fingerprint density at radius 2 is 1.95 bits per heavy atom. The highest BCUT2D eigenvalue weighted by molar-refractivity contribution is 7.89. The van der Waals surface area contributed by atoms with Gasteiger partial charge in [0.05, 0.1) is 0 Å². The van der Waals surface area contributed by atoms with Gasteiger partial charge < -0.3 is 5.32 Å². The van der Waals surface area contributed by atoms with Crippen LogP contribution in [0.4, 0.5) is 8.78 Å². The van der Waals surface area contributed by atoms with Gasteiger partial charge in [0, 0.05) is 25.2 Å². The van der Waals surface area contributed by atoms with Crippen molar-refractivity contribution in [1.82, 2.24) is 9.62 Å². The molecular weight excluding hydrogens is 298 g/mol. The molecule has 4 nitrogen and oxygen atoms in total. The molecule has 1 aromatic carbocycles. The lowest BCUT2D eigenvalue weighted by molar-refractivity contribution is 0.289. The first-order valence-electron chi connectivity index (χ1n) is 7.13. The van der Waals surface area contributed by atoms with Crippen LogP contribution in [0.3, 0.4) is 0 Å². The molecule has 0 saturated carbocycles. The lowest BCUT2D eigenvalue weighted by atomic mass is 10.1. The molecule has 1 aliphatic rings. The largest absolute Gasteiger partial charge is 0.314 e. The molecule has 118 valence electrons. The van der Waals surface area contributed by atoms with Gasteiger partial charge in [0.25, 0.3) is 0 Å². The van der Waals surface area contributed by atoms with Crippen molar-refractivity contribution in [3.05, 3.63) is 29.8 Å². The average Bonchev–Trinajstić information content (AvgIpc) is 2.45. The fourth-order valence-electron chi connectivity index (χ4n) is 2.47. The highest BCUT2D eigenvalue weighted by Gasteiger charge is 2.31. The summed E-state index contributed by atoms with van der Waals surface area (Å²) in [5.74, 6) is -1.82. The van der Waals surface area contributed by atoms with Gasteiger partial charge in [0.2, 0.25) is 10.0 Å². The Hall–Kier alpha value is -1.05. The first-order valence-corrected chi connectivity index (χ1v) is 8.57. The average molecular weight is 318 g/mol. The van der Waals surface area contributed by atoms with Crippen LogP contribution < -0.4 is 5.32 Å². The minimum atomic E-state index is -3.89. The van der Waals surface area contributed by atoms with Crippen molar-refractivity contribution in [2.45, 2.75) is 37.1 Å². The van der Waals surface area contributed by atoms with E-state index in [-0.39, 0.29) is 0 Å². The van der Waals surface area contributed by atoms with Crippen LogP contribution in [-0.2, 0) is 10.0 Å². The Morgan fingerprint density at radius 3 is 2.52 bits per heavy atom. The first kappa shape index (κ1) is 16.3. The molecule has 0 aromatic heterocycles. The van der Waals surface area contributed by atoms with Crippen molar-refractivity contribution in [3.8, 4) is 0 Å². The Bertz CT molecular complexity index is 585. The molecule has 0 radical (unpaired) electrons. The second kappa shape index (κ2) is 6.81. The van der Waals surface area contributed by atoms with E-state index in [1.165, 1.54) is 4.31 Å². The van der Waals surface area contributed by atoms with Gasteiger partial charge in [0.15, 0.2) is 0 Å². The number of halogens is 2. The third-order valence-corrected chi connectivity index (χ3v) is 5.58. The smallest absolute Gasteiger partial charge is 0.245 e. The quantitative estimate of drug-likeness (QED) is 0.905. The molecule has 7 heteroatoms. The molecule has 1 saturated heterocycles. The topological polar surface area (TPSA) is 49.4 Å². The van der Waals surface area contributed by atoms with Gasteiger partial charge in [-0.25, -0.2) is 17.2 Å². The molecule has 1 heterocycles.